The van der Waals surface area contributed by atoms with Crippen molar-refractivity contribution in [2.45, 2.75) is 6.92 Å². The molecule has 5 heteroatoms. The van der Waals surface area contributed by atoms with Gasteiger partial charge in [0.1, 0.15) is 6.61 Å². The van der Waals surface area contributed by atoms with Gasteiger partial charge in [0, 0.05) is 0 Å². The first-order valence-electron chi connectivity index (χ1n) is 2.98. The molecule has 0 aromatic rings. The summed E-state index contributed by atoms with van der Waals surface area (Å²) in [6.07, 6.45) is 0. The highest BCUT2D eigenvalue weighted by Crippen LogP contribution is 2.24. The van der Waals surface area contributed by atoms with E-state index in [4.69, 9.17) is 0 Å². The Morgan fingerprint density at radius 2 is 2.33 bits per heavy atom. The molecular formula is C4H9BF2O2. The highest BCUT2D eigenvalue weighted by Gasteiger charge is 2.50. The van der Waals surface area contributed by atoms with Gasteiger partial charge >= 0.3 is 7.11 Å². The van der Waals surface area contributed by atoms with Crippen LogP contribution in [0.3, 0.4) is 0 Å². The number of halogens is 2. The second-order valence-electron chi connectivity index (χ2n) is 1.94. The number of rotatable bonds is 1. The van der Waals surface area contributed by atoms with Crippen molar-refractivity contribution < 1.29 is 17.6 Å². The zero-order chi connectivity index (χ0) is 6.91. The maximum atomic E-state index is 12.3. The van der Waals surface area contributed by atoms with Crippen LogP contribution in [0.1, 0.15) is 6.92 Å². The highest BCUT2D eigenvalue weighted by molar-refractivity contribution is 6.53. The van der Waals surface area contributed by atoms with Crippen LogP contribution < -0.4 is 0 Å². The summed E-state index contributed by atoms with van der Waals surface area (Å²) in [4.78, 5) is 0. The van der Waals surface area contributed by atoms with Gasteiger partial charge in [-0.15, -0.1) is 0 Å². The van der Waals surface area contributed by atoms with Crippen molar-refractivity contribution in [3.05, 3.63) is 0 Å². The summed E-state index contributed by atoms with van der Waals surface area (Å²) in [5.74, 6) is 0. The van der Waals surface area contributed by atoms with E-state index in [1.54, 1.807) is 6.92 Å². The van der Waals surface area contributed by atoms with E-state index >= 15 is 0 Å². The Hall–Kier alpha value is -0.155. The second-order valence-corrected chi connectivity index (χ2v) is 1.94. The van der Waals surface area contributed by atoms with Gasteiger partial charge in [-0.2, -0.15) is 0 Å². The number of hydrogen-bond acceptors (Lipinski definition) is 1. The van der Waals surface area contributed by atoms with Crippen LogP contribution in [-0.2, 0) is 8.94 Å². The molecule has 1 heterocycles. The maximum Gasteiger partial charge on any atom is 0.805 e. The lowest BCUT2D eigenvalue weighted by atomic mass is 10.2. The fraction of sp³-hybridized carbons (Fsp3) is 1.00. The van der Waals surface area contributed by atoms with Crippen molar-refractivity contribution in [2.75, 3.05) is 19.8 Å². The summed E-state index contributed by atoms with van der Waals surface area (Å²) >= 11 is 0. The molecule has 0 saturated carbocycles. The predicted molar refractivity (Wildman–Crippen MR) is 30.4 cm³/mol. The third-order valence-corrected chi connectivity index (χ3v) is 1.42. The third kappa shape index (κ3) is 1.22. The van der Waals surface area contributed by atoms with Gasteiger partial charge in [0.2, 0.25) is 0 Å². The quantitative estimate of drug-likeness (QED) is 0.388. The Morgan fingerprint density at radius 1 is 1.67 bits per heavy atom. The fourth-order valence-electron chi connectivity index (χ4n) is 0.864. The van der Waals surface area contributed by atoms with Gasteiger partial charge in [0.25, 0.3) is 0 Å². The molecule has 0 bridgehead atoms. The monoisotopic (exact) mass is 138 g/mol. The molecule has 1 aliphatic rings. The van der Waals surface area contributed by atoms with Crippen LogP contribution in [0, 0.1) is 0 Å². The summed E-state index contributed by atoms with van der Waals surface area (Å²) in [5.41, 5.74) is 0. The van der Waals surface area contributed by atoms with Crippen LogP contribution in [0.25, 0.3) is 0 Å². The van der Waals surface area contributed by atoms with Crippen molar-refractivity contribution in [2.24, 2.45) is 0 Å². The first kappa shape index (κ1) is 6.96. The molecule has 0 radical (unpaired) electrons. The molecule has 1 fully saturated rings. The minimum atomic E-state index is -3.69. The maximum absolute atomic E-state index is 12.3. The van der Waals surface area contributed by atoms with E-state index in [2.05, 4.69) is 4.65 Å². The first-order valence-corrected chi connectivity index (χ1v) is 2.98. The van der Waals surface area contributed by atoms with E-state index in [1.165, 1.54) is 0 Å². The molecule has 2 nitrogen and oxygen atoms in total. The zero-order valence-corrected chi connectivity index (χ0v) is 5.27. The molecule has 0 aliphatic carbocycles. The molecule has 0 atom stereocenters. The molecule has 54 valence electrons. The van der Waals surface area contributed by atoms with Crippen molar-refractivity contribution >= 4 is 7.11 Å². The van der Waals surface area contributed by atoms with E-state index < -0.39 is 7.11 Å². The Morgan fingerprint density at radius 3 is 2.56 bits per heavy atom. The lowest BCUT2D eigenvalue weighted by Crippen LogP contribution is -2.35. The summed E-state index contributed by atoms with van der Waals surface area (Å²) in [7, 11) is -3.69. The van der Waals surface area contributed by atoms with Crippen molar-refractivity contribution in [1.82, 2.24) is 0 Å². The van der Waals surface area contributed by atoms with Gasteiger partial charge in [-0.3, -0.25) is 0 Å². The Kier molecular flexibility index (Phi) is 1.72. The molecule has 0 amide bonds. The van der Waals surface area contributed by atoms with Gasteiger partial charge in [0.05, 0.1) is 13.2 Å². The SMILES string of the molecule is CC[O+]1CCO[B-]1(F)F. The Balaban J connectivity index is 2.52. The van der Waals surface area contributed by atoms with Gasteiger partial charge < -0.3 is 17.6 Å². The lowest BCUT2D eigenvalue weighted by Gasteiger charge is -2.24. The van der Waals surface area contributed by atoms with Crippen molar-refractivity contribution in [3.63, 3.8) is 0 Å². The van der Waals surface area contributed by atoms with Crippen molar-refractivity contribution in [3.8, 4) is 0 Å². The van der Waals surface area contributed by atoms with Crippen LogP contribution in [0.15, 0.2) is 0 Å². The first-order chi connectivity index (χ1) is 4.17. The summed E-state index contributed by atoms with van der Waals surface area (Å²) in [5, 5.41) is 0. The van der Waals surface area contributed by atoms with E-state index in [-0.39, 0.29) is 19.8 Å². The summed E-state index contributed by atoms with van der Waals surface area (Å²) in [6, 6.07) is 0. The minimum absolute atomic E-state index is 0.130. The lowest BCUT2D eigenvalue weighted by molar-refractivity contribution is -0.0207. The van der Waals surface area contributed by atoms with Crippen LogP contribution in [0.2, 0.25) is 0 Å². The molecular weight excluding hydrogens is 129 g/mol. The number of hydrogen-bond donors (Lipinski definition) is 0. The second kappa shape index (κ2) is 2.23. The van der Waals surface area contributed by atoms with Gasteiger partial charge in [-0.25, -0.2) is 0 Å². The molecule has 1 rings (SSSR count). The van der Waals surface area contributed by atoms with E-state index in [0.29, 0.717) is 0 Å². The smallest absolute Gasteiger partial charge is 0.585 e. The molecule has 9 heavy (non-hydrogen) atoms. The molecule has 0 aromatic carbocycles. The van der Waals surface area contributed by atoms with Gasteiger partial charge in [-0.1, -0.05) is 0 Å². The highest BCUT2D eigenvalue weighted by atomic mass is 19.3. The Labute approximate surface area is 52.5 Å². The van der Waals surface area contributed by atoms with Crippen LogP contribution in [-0.4, -0.2) is 26.9 Å². The van der Waals surface area contributed by atoms with Gasteiger partial charge in [-0.05, 0) is 6.92 Å². The summed E-state index contributed by atoms with van der Waals surface area (Å²) < 4.78 is 30.7. The average molecular weight is 138 g/mol. The van der Waals surface area contributed by atoms with E-state index in [1.807, 2.05) is 4.28 Å². The molecule has 0 N–H and O–H groups in total. The normalized spacial score (nSPS) is 27.0. The average Bonchev–Trinajstić information content (AvgIpc) is 2.08. The van der Waals surface area contributed by atoms with Gasteiger partial charge in [0.15, 0.2) is 0 Å². The largest absolute Gasteiger partial charge is 0.805 e. The third-order valence-electron chi connectivity index (χ3n) is 1.42. The minimum Gasteiger partial charge on any atom is -0.585 e. The molecule has 1 aliphatic heterocycles. The van der Waals surface area contributed by atoms with Crippen molar-refractivity contribution in [1.29, 1.82) is 0 Å². The van der Waals surface area contributed by atoms with E-state index in [9.17, 15) is 8.63 Å². The Bertz CT molecular complexity index is 109. The molecule has 1 saturated heterocycles. The van der Waals surface area contributed by atoms with E-state index in [0.717, 1.165) is 0 Å². The molecule has 0 unspecified atom stereocenters. The van der Waals surface area contributed by atoms with Crippen LogP contribution >= 0.6 is 0 Å². The van der Waals surface area contributed by atoms with Crippen LogP contribution in [0.5, 0.6) is 0 Å². The molecule has 0 spiro atoms. The fourth-order valence-corrected chi connectivity index (χ4v) is 0.864. The standard InChI is InChI=1S/C4H9BF2O2/c1-2-9-4-3-8-5(9,6)7/h2-4H2,1H3. The molecule has 0 aromatic heterocycles. The topological polar surface area (TPSA) is 11.9 Å². The predicted octanol–water partition coefficient (Wildman–Crippen LogP) is 0.963. The zero-order valence-electron chi connectivity index (χ0n) is 5.27. The van der Waals surface area contributed by atoms with Crippen LogP contribution in [0.4, 0.5) is 8.63 Å². The summed E-state index contributed by atoms with van der Waals surface area (Å²) in [6.45, 7) is 2.36.